The highest BCUT2D eigenvalue weighted by atomic mass is 16.5. The lowest BCUT2D eigenvalue weighted by Gasteiger charge is -2.24. The van der Waals surface area contributed by atoms with E-state index in [2.05, 4.69) is 0 Å². The van der Waals surface area contributed by atoms with Gasteiger partial charge < -0.3 is 14.4 Å². The average Bonchev–Trinajstić information content (AvgIpc) is 2.83. The number of rotatable bonds is 5. The van der Waals surface area contributed by atoms with Crippen molar-refractivity contribution in [2.45, 2.75) is 39.0 Å². The highest BCUT2D eigenvalue weighted by Gasteiger charge is 2.22. The summed E-state index contributed by atoms with van der Waals surface area (Å²) in [5.41, 5.74) is 1.10. The quantitative estimate of drug-likeness (QED) is 0.838. The molecule has 1 fully saturated rings. The summed E-state index contributed by atoms with van der Waals surface area (Å²) in [5.74, 6) is 1.71. The first kappa shape index (κ1) is 16.7. The summed E-state index contributed by atoms with van der Waals surface area (Å²) in [6.07, 6.45) is 5.49. The Bertz CT molecular complexity index is 493. The largest absolute Gasteiger partial charge is 0.493 e. The van der Waals surface area contributed by atoms with Crippen molar-refractivity contribution >= 4 is 5.91 Å². The van der Waals surface area contributed by atoms with Crippen molar-refractivity contribution in [1.82, 2.24) is 4.90 Å². The van der Waals surface area contributed by atoms with Crippen molar-refractivity contribution < 1.29 is 14.3 Å². The molecule has 0 N–H and O–H groups in total. The fourth-order valence-corrected chi connectivity index (χ4v) is 3.05. The van der Waals surface area contributed by atoms with Crippen molar-refractivity contribution in [2.75, 3.05) is 27.3 Å². The van der Waals surface area contributed by atoms with Gasteiger partial charge in [-0.15, -0.1) is 0 Å². The first-order valence-electron chi connectivity index (χ1n) is 8.15. The number of hydrogen-bond donors (Lipinski definition) is 0. The molecule has 22 heavy (non-hydrogen) atoms. The second-order valence-electron chi connectivity index (χ2n) is 6.03. The number of carbonyl (C=O) groups is 1. The van der Waals surface area contributed by atoms with Gasteiger partial charge in [0.2, 0.25) is 5.91 Å². The van der Waals surface area contributed by atoms with Gasteiger partial charge in [-0.05, 0) is 37.0 Å². The number of benzene rings is 1. The van der Waals surface area contributed by atoms with Crippen molar-refractivity contribution in [3.8, 4) is 11.5 Å². The molecule has 1 aliphatic heterocycles. The summed E-state index contributed by atoms with van der Waals surface area (Å²) >= 11 is 0. The molecular weight excluding hydrogens is 278 g/mol. The predicted octanol–water partition coefficient (Wildman–Crippen LogP) is 3.29. The molecule has 1 amide bonds. The van der Waals surface area contributed by atoms with Gasteiger partial charge >= 0.3 is 0 Å². The molecule has 0 spiro atoms. The molecule has 1 unspecified atom stereocenters. The Labute approximate surface area is 133 Å². The molecule has 1 saturated heterocycles. The normalized spacial score (nSPS) is 16.8. The van der Waals surface area contributed by atoms with Crippen LogP contribution in [0.1, 0.15) is 38.2 Å². The summed E-state index contributed by atoms with van der Waals surface area (Å²) in [4.78, 5) is 14.6. The lowest BCUT2D eigenvalue weighted by Crippen LogP contribution is -2.36. The van der Waals surface area contributed by atoms with E-state index < -0.39 is 0 Å². The average molecular weight is 305 g/mol. The van der Waals surface area contributed by atoms with Crippen LogP contribution in [0.3, 0.4) is 0 Å². The second kappa shape index (κ2) is 8.06. The summed E-state index contributed by atoms with van der Waals surface area (Å²) in [5, 5.41) is 0. The standard InChI is InChI=1S/C18H27NO3/c1-14(18(20)19-10-6-4-5-7-11-19)12-15-8-9-16(21-2)17(13-15)22-3/h8-9,13-14H,4-7,10-12H2,1-3H3. The Hall–Kier alpha value is -1.71. The number of nitrogens with zero attached hydrogens (tertiary/aromatic N) is 1. The number of likely N-dealkylation sites (tertiary alicyclic amines) is 1. The van der Waals surface area contributed by atoms with Crippen LogP contribution in [0.25, 0.3) is 0 Å². The lowest BCUT2D eigenvalue weighted by atomic mass is 9.99. The SMILES string of the molecule is COc1ccc(CC(C)C(=O)N2CCCCCC2)cc1OC. The van der Waals surface area contributed by atoms with Crippen LogP contribution in [0.4, 0.5) is 0 Å². The van der Waals surface area contributed by atoms with E-state index in [-0.39, 0.29) is 11.8 Å². The third-order valence-electron chi connectivity index (χ3n) is 4.33. The Morgan fingerprint density at radius 2 is 1.73 bits per heavy atom. The number of carbonyl (C=O) groups excluding carboxylic acids is 1. The van der Waals surface area contributed by atoms with E-state index in [0.29, 0.717) is 0 Å². The van der Waals surface area contributed by atoms with E-state index in [1.165, 1.54) is 12.8 Å². The number of hydrogen-bond acceptors (Lipinski definition) is 3. The van der Waals surface area contributed by atoms with Gasteiger partial charge in [0.05, 0.1) is 14.2 Å². The van der Waals surface area contributed by atoms with Crippen LogP contribution in [0.15, 0.2) is 18.2 Å². The molecule has 0 aromatic heterocycles. The second-order valence-corrected chi connectivity index (χ2v) is 6.03. The molecule has 4 nitrogen and oxygen atoms in total. The molecule has 1 heterocycles. The Balaban J connectivity index is 2.01. The highest BCUT2D eigenvalue weighted by Crippen LogP contribution is 2.28. The van der Waals surface area contributed by atoms with E-state index >= 15 is 0 Å². The molecule has 1 aromatic rings. The van der Waals surface area contributed by atoms with Crippen molar-refractivity contribution in [2.24, 2.45) is 5.92 Å². The van der Waals surface area contributed by atoms with E-state index in [1.54, 1.807) is 14.2 Å². The summed E-state index contributed by atoms with van der Waals surface area (Å²) in [6.45, 7) is 3.84. The molecular formula is C18H27NO3. The van der Waals surface area contributed by atoms with Crippen LogP contribution in [0, 0.1) is 5.92 Å². The Kier molecular flexibility index (Phi) is 6.10. The summed E-state index contributed by atoms with van der Waals surface area (Å²) in [7, 11) is 3.26. The molecule has 122 valence electrons. The first-order valence-corrected chi connectivity index (χ1v) is 8.15. The van der Waals surface area contributed by atoms with Gasteiger partial charge in [-0.3, -0.25) is 4.79 Å². The van der Waals surface area contributed by atoms with Gasteiger partial charge in [0, 0.05) is 19.0 Å². The van der Waals surface area contributed by atoms with Gasteiger partial charge in [-0.25, -0.2) is 0 Å². The number of methoxy groups -OCH3 is 2. The third-order valence-corrected chi connectivity index (χ3v) is 4.33. The van der Waals surface area contributed by atoms with Gasteiger partial charge in [-0.2, -0.15) is 0 Å². The van der Waals surface area contributed by atoms with Gasteiger partial charge in [0.15, 0.2) is 11.5 Å². The lowest BCUT2D eigenvalue weighted by molar-refractivity contribution is -0.134. The fraction of sp³-hybridized carbons (Fsp3) is 0.611. The van der Waals surface area contributed by atoms with Crippen molar-refractivity contribution in [1.29, 1.82) is 0 Å². The molecule has 1 aromatic carbocycles. The van der Waals surface area contributed by atoms with Crippen LogP contribution in [0.5, 0.6) is 11.5 Å². The van der Waals surface area contributed by atoms with Crippen LogP contribution in [-0.4, -0.2) is 38.1 Å². The minimum atomic E-state index is -0.00352. The Morgan fingerprint density at radius 3 is 2.32 bits per heavy atom. The molecule has 2 rings (SSSR count). The van der Waals surface area contributed by atoms with Crippen LogP contribution in [0.2, 0.25) is 0 Å². The van der Waals surface area contributed by atoms with Crippen LogP contribution in [-0.2, 0) is 11.2 Å². The smallest absolute Gasteiger partial charge is 0.225 e. The maximum atomic E-state index is 12.6. The molecule has 0 saturated carbocycles. The maximum absolute atomic E-state index is 12.6. The van der Waals surface area contributed by atoms with Crippen molar-refractivity contribution in [3.63, 3.8) is 0 Å². The molecule has 0 bridgehead atoms. The summed E-state index contributed by atoms with van der Waals surface area (Å²) < 4.78 is 10.6. The van der Waals surface area contributed by atoms with E-state index in [1.807, 2.05) is 30.0 Å². The number of amides is 1. The molecule has 0 aliphatic carbocycles. The molecule has 1 atom stereocenters. The number of ether oxygens (including phenoxy) is 2. The van der Waals surface area contributed by atoms with Crippen molar-refractivity contribution in [3.05, 3.63) is 23.8 Å². The van der Waals surface area contributed by atoms with Gasteiger partial charge in [0.1, 0.15) is 0 Å². The third kappa shape index (κ3) is 4.15. The zero-order chi connectivity index (χ0) is 15.9. The molecule has 1 aliphatic rings. The highest BCUT2D eigenvalue weighted by molar-refractivity contribution is 5.78. The van der Waals surface area contributed by atoms with E-state index in [4.69, 9.17) is 9.47 Å². The maximum Gasteiger partial charge on any atom is 0.225 e. The summed E-state index contributed by atoms with van der Waals surface area (Å²) in [6, 6.07) is 5.87. The zero-order valence-electron chi connectivity index (χ0n) is 13.9. The van der Waals surface area contributed by atoms with Gasteiger partial charge in [-0.1, -0.05) is 25.8 Å². The van der Waals surface area contributed by atoms with Crippen LogP contribution >= 0.6 is 0 Å². The van der Waals surface area contributed by atoms with E-state index in [9.17, 15) is 4.79 Å². The topological polar surface area (TPSA) is 38.8 Å². The van der Waals surface area contributed by atoms with Gasteiger partial charge in [0.25, 0.3) is 0 Å². The fourth-order valence-electron chi connectivity index (χ4n) is 3.05. The Morgan fingerprint density at radius 1 is 1.09 bits per heavy atom. The monoisotopic (exact) mass is 305 g/mol. The molecule has 0 radical (unpaired) electrons. The first-order chi connectivity index (χ1) is 10.7. The minimum absolute atomic E-state index is 0.00352. The molecule has 4 heteroatoms. The predicted molar refractivity (Wildman–Crippen MR) is 87.5 cm³/mol. The zero-order valence-corrected chi connectivity index (χ0v) is 13.9. The minimum Gasteiger partial charge on any atom is -0.493 e. The van der Waals surface area contributed by atoms with E-state index in [0.717, 1.165) is 49.4 Å². The van der Waals surface area contributed by atoms with Crippen LogP contribution < -0.4 is 9.47 Å².